The number of nitrogens with one attached hydrogen (secondary N) is 2. The van der Waals surface area contributed by atoms with Crippen LogP contribution >= 0.6 is 11.6 Å². The molecule has 6 heteroatoms. The van der Waals surface area contributed by atoms with E-state index in [9.17, 15) is 9.18 Å². The van der Waals surface area contributed by atoms with E-state index in [2.05, 4.69) is 10.6 Å². The highest BCUT2D eigenvalue weighted by molar-refractivity contribution is 6.33. The summed E-state index contributed by atoms with van der Waals surface area (Å²) in [6.45, 7) is 0.0358. The summed E-state index contributed by atoms with van der Waals surface area (Å²) in [5.41, 5.74) is 1.07. The van der Waals surface area contributed by atoms with Gasteiger partial charge in [-0.3, -0.25) is 4.79 Å². The van der Waals surface area contributed by atoms with Crippen LogP contribution < -0.4 is 15.4 Å². The number of methoxy groups -OCH3 is 1. The van der Waals surface area contributed by atoms with Crippen LogP contribution in [0.25, 0.3) is 0 Å². The van der Waals surface area contributed by atoms with Crippen molar-refractivity contribution in [1.29, 1.82) is 0 Å². The van der Waals surface area contributed by atoms with Gasteiger partial charge in [-0.05, 0) is 30.3 Å². The van der Waals surface area contributed by atoms with Crippen molar-refractivity contribution in [3.8, 4) is 5.75 Å². The number of carbonyl (C=O) groups excluding carboxylic acids is 1. The molecule has 0 atom stereocenters. The van der Waals surface area contributed by atoms with Gasteiger partial charge in [-0.15, -0.1) is 0 Å². The van der Waals surface area contributed by atoms with E-state index in [0.29, 0.717) is 17.1 Å². The molecule has 0 aliphatic heterocycles. The van der Waals surface area contributed by atoms with Gasteiger partial charge in [0.2, 0.25) is 5.91 Å². The molecule has 0 heterocycles. The summed E-state index contributed by atoms with van der Waals surface area (Å²) >= 11 is 5.84. The first-order chi connectivity index (χ1) is 10.1. The van der Waals surface area contributed by atoms with Crippen molar-refractivity contribution in [2.45, 2.75) is 0 Å². The number of halogens is 2. The lowest BCUT2D eigenvalue weighted by Gasteiger charge is -2.11. The normalized spacial score (nSPS) is 10.0. The third-order valence-electron chi connectivity index (χ3n) is 2.75. The molecule has 2 aromatic rings. The molecule has 0 saturated carbocycles. The smallest absolute Gasteiger partial charge is 0.243 e. The second-order valence-corrected chi connectivity index (χ2v) is 4.63. The average Bonchev–Trinajstić information content (AvgIpc) is 2.48. The van der Waals surface area contributed by atoms with E-state index in [1.165, 1.54) is 12.1 Å². The Kier molecular flexibility index (Phi) is 5.00. The number of rotatable bonds is 5. The molecule has 0 spiro atoms. The van der Waals surface area contributed by atoms with Gasteiger partial charge in [0.1, 0.15) is 11.6 Å². The largest absolute Gasteiger partial charge is 0.495 e. The van der Waals surface area contributed by atoms with Gasteiger partial charge in [-0.1, -0.05) is 23.7 Å². The lowest BCUT2D eigenvalue weighted by atomic mass is 10.3. The fraction of sp³-hybridized carbons (Fsp3) is 0.133. The van der Waals surface area contributed by atoms with Gasteiger partial charge in [0.15, 0.2) is 0 Å². The highest BCUT2D eigenvalue weighted by Crippen LogP contribution is 2.24. The molecule has 2 rings (SSSR count). The molecule has 2 aromatic carbocycles. The Hall–Kier alpha value is -2.27. The van der Waals surface area contributed by atoms with E-state index in [4.69, 9.17) is 16.3 Å². The Morgan fingerprint density at radius 1 is 1.24 bits per heavy atom. The molecule has 0 aliphatic carbocycles. The van der Waals surface area contributed by atoms with Crippen molar-refractivity contribution < 1.29 is 13.9 Å². The molecular formula is C15H14ClFN2O2. The van der Waals surface area contributed by atoms with E-state index in [1.807, 2.05) is 12.1 Å². The van der Waals surface area contributed by atoms with E-state index in [0.717, 1.165) is 6.07 Å². The van der Waals surface area contributed by atoms with Gasteiger partial charge in [0, 0.05) is 0 Å². The van der Waals surface area contributed by atoms with Crippen LogP contribution in [-0.4, -0.2) is 19.6 Å². The number of hydrogen-bond donors (Lipinski definition) is 2. The zero-order valence-corrected chi connectivity index (χ0v) is 12.1. The summed E-state index contributed by atoms with van der Waals surface area (Å²) in [5.74, 6) is -0.107. The van der Waals surface area contributed by atoms with Gasteiger partial charge in [-0.25, -0.2) is 4.39 Å². The van der Waals surface area contributed by atoms with Crippen LogP contribution in [0.3, 0.4) is 0 Å². The minimum atomic E-state index is -0.454. The standard InChI is InChI=1S/C15H14ClFN2O2/c1-21-14-5-3-2-4-13(14)18-9-15(20)19-12-7-6-10(17)8-11(12)16/h2-8,18H,9H2,1H3,(H,19,20). The summed E-state index contributed by atoms with van der Waals surface area (Å²) in [5, 5.41) is 5.72. The first-order valence-electron chi connectivity index (χ1n) is 6.22. The van der Waals surface area contributed by atoms with Crippen LogP contribution in [0.5, 0.6) is 5.75 Å². The van der Waals surface area contributed by atoms with Gasteiger partial charge >= 0.3 is 0 Å². The monoisotopic (exact) mass is 308 g/mol. The number of para-hydroxylation sites is 2. The Bertz CT molecular complexity index is 649. The Labute approximate surface area is 126 Å². The lowest BCUT2D eigenvalue weighted by molar-refractivity contribution is -0.114. The van der Waals surface area contributed by atoms with Crippen molar-refractivity contribution >= 4 is 28.9 Å². The maximum atomic E-state index is 12.9. The van der Waals surface area contributed by atoms with Crippen molar-refractivity contribution in [2.24, 2.45) is 0 Å². The van der Waals surface area contributed by atoms with E-state index < -0.39 is 5.82 Å². The number of hydrogen-bond acceptors (Lipinski definition) is 3. The molecule has 0 saturated heterocycles. The summed E-state index contributed by atoms with van der Waals surface area (Å²) < 4.78 is 18.1. The summed E-state index contributed by atoms with van der Waals surface area (Å²) in [7, 11) is 1.55. The van der Waals surface area contributed by atoms with Crippen molar-refractivity contribution in [3.05, 3.63) is 53.3 Å². The van der Waals surface area contributed by atoms with Crippen LogP contribution in [0.15, 0.2) is 42.5 Å². The van der Waals surface area contributed by atoms with Crippen LogP contribution in [0.4, 0.5) is 15.8 Å². The number of benzene rings is 2. The zero-order chi connectivity index (χ0) is 15.2. The molecule has 0 unspecified atom stereocenters. The summed E-state index contributed by atoms with van der Waals surface area (Å²) in [6.07, 6.45) is 0. The third-order valence-corrected chi connectivity index (χ3v) is 3.06. The average molecular weight is 309 g/mol. The zero-order valence-electron chi connectivity index (χ0n) is 11.3. The molecule has 4 nitrogen and oxygen atoms in total. The number of carbonyl (C=O) groups is 1. The second kappa shape index (κ2) is 6.95. The Morgan fingerprint density at radius 3 is 2.71 bits per heavy atom. The number of amides is 1. The van der Waals surface area contributed by atoms with Gasteiger partial charge < -0.3 is 15.4 Å². The van der Waals surface area contributed by atoms with E-state index in [1.54, 1.807) is 19.2 Å². The molecule has 2 N–H and O–H groups in total. The van der Waals surface area contributed by atoms with Gasteiger partial charge in [-0.2, -0.15) is 0 Å². The maximum Gasteiger partial charge on any atom is 0.243 e. The SMILES string of the molecule is COc1ccccc1NCC(=O)Nc1ccc(F)cc1Cl. The molecule has 0 bridgehead atoms. The third kappa shape index (κ3) is 4.10. The Balaban J connectivity index is 1.96. The van der Waals surface area contributed by atoms with Crippen LogP contribution in [-0.2, 0) is 4.79 Å². The van der Waals surface area contributed by atoms with Crippen molar-refractivity contribution in [2.75, 3.05) is 24.3 Å². The highest BCUT2D eigenvalue weighted by atomic mass is 35.5. The molecule has 0 aliphatic rings. The fourth-order valence-electron chi connectivity index (χ4n) is 1.75. The first-order valence-corrected chi connectivity index (χ1v) is 6.59. The van der Waals surface area contributed by atoms with Gasteiger partial charge in [0.25, 0.3) is 0 Å². The molecular weight excluding hydrogens is 295 g/mol. The number of anilines is 2. The van der Waals surface area contributed by atoms with Crippen LogP contribution in [0.1, 0.15) is 0 Å². The van der Waals surface area contributed by atoms with Crippen molar-refractivity contribution in [3.63, 3.8) is 0 Å². The fourth-order valence-corrected chi connectivity index (χ4v) is 1.97. The minimum Gasteiger partial charge on any atom is -0.495 e. The van der Waals surface area contributed by atoms with Crippen LogP contribution in [0.2, 0.25) is 5.02 Å². The van der Waals surface area contributed by atoms with E-state index in [-0.39, 0.29) is 17.5 Å². The predicted octanol–water partition coefficient (Wildman–Crippen LogP) is 3.54. The Morgan fingerprint density at radius 2 is 2.00 bits per heavy atom. The topological polar surface area (TPSA) is 50.4 Å². The molecule has 110 valence electrons. The van der Waals surface area contributed by atoms with Gasteiger partial charge in [0.05, 0.1) is 30.1 Å². The lowest BCUT2D eigenvalue weighted by Crippen LogP contribution is -2.22. The summed E-state index contributed by atoms with van der Waals surface area (Å²) in [4.78, 5) is 11.9. The van der Waals surface area contributed by atoms with Crippen LogP contribution in [0, 0.1) is 5.82 Å². The molecule has 0 fully saturated rings. The summed E-state index contributed by atoms with van der Waals surface area (Å²) in [6, 6.07) is 11.1. The maximum absolute atomic E-state index is 12.9. The molecule has 0 radical (unpaired) electrons. The molecule has 1 amide bonds. The molecule has 0 aromatic heterocycles. The van der Waals surface area contributed by atoms with E-state index >= 15 is 0 Å². The highest BCUT2D eigenvalue weighted by Gasteiger charge is 2.08. The molecule has 21 heavy (non-hydrogen) atoms. The second-order valence-electron chi connectivity index (χ2n) is 4.23. The minimum absolute atomic E-state index is 0.0358. The quantitative estimate of drug-likeness (QED) is 0.888. The predicted molar refractivity (Wildman–Crippen MR) is 81.5 cm³/mol. The first kappa shape index (κ1) is 15.1. The number of ether oxygens (including phenoxy) is 1. The van der Waals surface area contributed by atoms with Crippen molar-refractivity contribution in [1.82, 2.24) is 0 Å².